The lowest BCUT2D eigenvalue weighted by atomic mass is 9.85. The topological polar surface area (TPSA) is 46.2 Å². The molecule has 16 heavy (non-hydrogen) atoms. The van der Waals surface area contributed by atoms with E-state index in [4.69, 9.17) is 5.73 Å². The van der Waals surface area contributed by atoms with Crippen molar-refractivity contribution in [3.63, 3.8) is 0 Å². The zero-order chi connectivity index (χ0) is 11.8. The molecule has 0 aromatic heterocycles. The van der Waals surface area contributed by atoms with Crippen molar-refractivity contribution in [2.45, 2.75) is 25.4 Å². The molecule has 2 nitrogen and oxygen atoms in total. The molecular formula is C12H16FNOS. The van der Waals surface area contributed by atoms with Gasteiger partial charge in [-0.3, -0.25) is 0 Å². The summed E-state index contributed by atoms with van der Waals surface area (Å²) in [6, 6.07) is 3.01. The van der Waals surface area contributed by atoms with Crippen molar-refractivity contribution in [1.82, 2.24) is 0 Å². The van der Waals surface area contributed by atoms with E-state index < -0.39 is 5.60 Å². The molecule has 1 aromatic carbocycles. The van der Waals surface area contributed by atoms with Crippen molar-refractivity contribution < 1.29 is 9.50 Å². The first-order valence-electron chi connectivity index (χ1n) is 5.39. The molecule has 0 bridgehead atoms. The molecular weight excluding hydrogens is 225 g/mol. The Labute approximate surface area is 99.0 Å². The van der Waals surface area contributed by atoms with Crippen molar-refractivity contribution >= 4 is 17.4 Å². The quantitative estimate of drug-likeness (QED) is 0.742. The molecule has 0 aliphatic carbocycles. The minimum Gasteiger partial charge on any atom is -0.399 e. The molecule has 1 aliphatic heterocycles. The number of benzene rings is 1. The monoisotopic (exact) mass is 241 g/mol. The molecule has 0 saturated carbocycles. The van der Waals surface area contributed by atoms with Gasteiger partial charge in [0.2, 0.25) is 0 Å². The fraction of sp³-hybridized carbons (Fsp3) is 0.500. The van der Waals surface area contributed by atoms with E-state index in [1.807, 2.05) is 0 Å². The molecule has 1 saturated heterocycles. The first-order valence-corrected chi connectivity index (χ1v) is 6.55. The van der Waals surface area contributed by atoms with Gasteiger partial charge in [-0.15, -0.1) is 0 Å². The van der Waals surface area contributed by atoms with Crippen LogP contribution in [0.4, 0.5) is 10.1 Å². The maximum absolute atomic E-state index is 13.9. The van der Waals surface area contributed by atoms with Gasteiger partial charge in [-0.05, 0) is 49.0 Å². The van der Waals surface area contributed by atoms with Crippen LogP contribution in [-0.2, 0) is 5.60 Å². The summed E-state index contributed by atoms with van der Waals surface area (Å²) in [5.74, 6) is 1.37. The maximum Gasteiger partial charge on any atom is 0.131 e. The number of anilines is 1. The Hall–Kier alpha value is -0.740. The van der Waals surface area contributed by atoms with E-state index in [1.54, 1.807) is 24.8 Å². The fourth-order valence-corrected chi connectivity index (χ4v) is 3.49. The summed E-state index contributed by atoms with van der Waals surface area (Å²) in [7, 11) is 0. The number of aryl methyl sites for hydroxylation is 1. The molecule has 4 heteroatoms. The summed E-state index contributed by atoms with van der Waals surface area (Å²) >= 11 is 1.80. The van der Waals surface area contributed by atoms with Crippen LogP contribution in [-0.4, -0.2) is 16.6 Å². The van der Waals surface area contributed by atoms with Crippen molar-refractivity contribution in [2.75, 3.05) is 17.2 Å². The molecule has 2 rings (SSSR count). The Kier molecular flexibility index (Phi) is 3.13. The standard InChI is InChI=1S/C12H16FNOS/c1-8-6-9(14)7-10(13)11(8)12(15)2-4-16-5-3-12/h6-7,15H,2-5,14H2,1H3. The molecule has 0 unspecified atom stereocenters. The highest BCUT2D eigenvalue weighted by molar-refractivity contribution is 7.99. The van der Waals surface area contributed by atoms with Crippen LogP contribution in [0.5, 0.6) is 0 Å². The van der Waals surface area contributed by atoms with Crippen LogP contribution >= 0.6 is 11.8 Å². The van der Waals surface area contributed by atoms with Crippen molar-refractivity contribution in [2.24, 2.45) is 0 Å². The summed E-state index contributed by atoms with van der Waals surface area (Å²) in [5.41, 5.74) is 6.15. The molecule has 3 N–H and O–H groups in total. The number of rotatable bonds is 1. The summed E-state index contributed by atoms with van der Waals surface area (Å²) in [5, 5.41) is 10.5. The lowest BCUT2D eigenvalue weighted by Crippen LogP contribution is -2.32. The summed E-state index contributed by atoms with van der Waals surface area (Å²) < 4.78 is 13.9. The average molecular weight is 241 g/mol. The second kappa shape index (κ2) is 4.26. The third kappa shape index (κ3) is 2.04. The fourth-order valence-electron chi connectivity index (χ4n) is 2.32. The molecule has 88 valence electrons. The van der Waals surface area contributed by atoms with E-state index in [0.717, 1.165) is 17.1 Å². The molecule has 1 aliphatic rings. The number of nitrogen functional groups attached to an aromatic ring is 1. The minimum absolute atomic E-state index is 0.383. The van der Waals surface area contributed by atoms with Crippen molar-refractivity contribution in [1.29, 1.82) is 0 Å². The van der Waals surface area contributed by atoms with Gasteiger partial charge in [-0.1, -0.05) is 0 Å². The van der Waals surface area contributed by atoms with E-state index in [9.17, 15) is 9.50 Å². The Balaban J connectivity index is 2.46. The molecule has 1 fully saturated rings. The van der Waals surface area contributed by atoms with E-state index in [2.05, 4.69) is 0 Å². The lowest BCUT2D eigenvalue weighted by Gasteiger charge is -2.33. The largest absolute Gasteiger partial charge is 0.399 e. The Morgan fingerprint density at radius 2 is 2.00 bits per heavy atom. The Morgan fingerprint density at radius 1 is 1.38 bits per heavy atom. The van der Waals surface area contributed by atoms with Gasteiger partial charge in [0.25, 0.3) is 0 Å². The summed E-state index contributed by atoms with van der Waals surface area (Å²) in [6.45, 7) is 1.80. The zero-order valence-corrected chi connectivity index (χ0v) is 10.1. The van der Waals surface area contributed by atoms with Crippen LogP contribution in [0.25, 0.3) is 0 Å². The van der Waals surface area contributed by atoms with Gasteiger partial charge in [-0.2, -0.15) is 11.8 Å². The highest BCUT2D eigenvalue weighted by Crippen LogP contribution is 2.39. The van der Waals surface area contributed by atoms with E-state index >= 15 is 0 Å². The maximum atomic E-state index is 13.9. The number of halogens is 1. The average Bonchev–Trinajstić information content (AvgIpc) is 2.16. The van der Waals surface area contributed by atoms with E-state index in [-0.39, 0.29) is 5.82 Å². The highest BCUT2D eigenvalue weighted by atomic mass is 32.2. The first kappa shape index (κ1) is 11.7. The van der Waals surface area contributed by atoms with Gasteiger partial charge in [0.15, 0.2) is 0 Å². The number of hydrogen-bond acceptors (Lipinski definition) is 3. The van der Waals surface area contributed by atoms with Gasteiger partial charge in [0, 0.05) is 11.3 Å². The second-order valence-corrected chi connectivity index (χ2v) is 5.56. The Morgan fingerprint density at radius 3 is 2.56 bits per heavy atom. The van der Waals surface area contributed by atoms with Crippen LogP contribution < -0.4 is 5.73 Å². The predicted molar refractivity (Wildman–Crippen MR) is 66.0 cm³/mol. The molecule has 0 radical (unpaired) electrons. The number of thioether (sulfide) groups is 1. The highest BCUT2D eigenvalue weighted by Gasteiger charge is 2.35. The van der Waals surface area contributed by atoms with Crippen LogP contribution in [0.3, 0.4) is 0 Å². The van der Waals surface area contributed by atoms with E-state index in [1.165, 1.54) is 6.07 Å². The molecule has 0 spiro atoms. The van der Waals surface area contributed by atoms with Crippen LogP contribution in [0.2, 0.25) is 0 Å². The molecule has 0 amide bonds. The first-order chi connectivity index (χ1) is 7.53. The lowest BCUT2D eigenvalue weighted by molar-refractivity contribution is 0.0239. The van der Waals surface area contributed by atoms with Crippen LogP contribution in [0.1, 0.15) is 24.0 Å². The smallest absolute Gasteiger partial charge is 0.131 e. The summed E-state index contributed by atoms with van der Waals surface area (Å²) in [4.78, 5) is 0. The number of nitrogens with two attached hydrogens (primary N) is 1. The normalized spacial score (nSPS) is 19.7. The van der Waals surface area contributed by atoms with Crippen molar-refractivity contribution in [3.05, 3.63) is 29.1 Å². The summed E-state index contributed by atoms with van der Waals surface area (Å²) in [6.07, 6.45) is 1.22. The SMILES string of the molecule is Cc1cc(N)cc(F)c1C1(O)CCSCC1. The molecule has 1 aromatic rings. The van der Waals surface area contributed by atoms with Gasteiger partial charge in [0.05, 0.1) is 5.60 Å². The number of hydrogen-bond donors (Lipinski definition) is 2. The van der Waals surface area contributed by atoms with Gasteiger partial charge in [0.1, 0.15) is 5.82 Å². The molecule has 1 heterocycles. The Bertz CT molecular complexity index is 379. The third-order valence-corrected chi connectivity index (χ3v) is 4.08. The minimum atomic E-state index is -1.01. The van der Waals surface area contributed by atoms with Crippen molar-refractivity contribution in [3.8, 4) is 0 Å². The predicted octanol–water partition coefficient (Wildman–Crippen LogP) is 2.43. The van der Waals surface area contributed by atoms with Crippen LogP contribution in [0, 0.1) is 12.7 Å². The van der Waals surface area contributed by atoms with Gasteiger partial charge >= 0.3 is 0 Å². The second-order valence-electron chi connectivity index (χ2n) is 4.34. The zero-order valence-electron chi connectivity index (χ0n) is 9.29. The van der Waals surface area contributed by atoms with Gasteiger partial charge < -0.3 is 10.8 Å². The number of aliphatic hydroxyl groups is 1. The van der Waals surface area contributed by atoms with Gasteiger partial charge in [-0.25, -0.2) is 4.39 Å². The third-order valence-electron chi connectivity index (χ3n) is 3.10. The molecule has 0 atom stereocenters. The van der Waals surface area contributed by atoms with Crippen LogP contribution in [0.15, 0.2) is 12.1 Å². The van der Waals surface area contributed by atoms with E-state index in [0.29, 0.717) is 24.1 Å².